The van der Waals surface area contributed by atoms with E-state index in [0.717, 1.165) is 24.4 Å². The number of hydrogen-bond donors (Lipinski definition) is 1. The molecule has 18 heavy (non-hydrogen) atoms. The summed E-state index contributed by atoms with van der Waals surface area (Å²) in [5.41, 5.74) is 4.90. The fraction of sp³-hybridized carbons (Fsp3) is 0.500. The van der Waals surface area contributed by atoms with Crippen LogP contribution >= 0.6 is 0 Å². The molecule has 0 amide bonds. The highest BCUT2D eigenvalue weighted by Crippen LogP contribution is 2.17. The molecule has 0 radical (unpaired) electrons. The summed E-state index contributed by atoms with van der Waals surface area (Å²) in [7, 11) is 1.94. The smallest absolute Gasteiger partial charge is 0.129 e. The van der Waals surface area contributed by atoms with Crippen molar-refractivity contribution in [2.45, 2.75) is 40.3 Å². The van der Waals surface area contributed by atoms with Gasteiger partial charge in [-0.25, -0.2) is 0 Å². The molecule has 0 aromatic carbocycles. The Balaban J connectivity index is 2.26. The highest BCUT2D eigenvalue weighted by molar-refractivity contribution is 5.25. The van der Waals surface area contributed by atoms with Crippen LogP contribution in [0.4, 0.5) is 0 Å². The maximum absolute atomic E-state index is 5.56. The van der Waals surface area contributed by atoms with Crippen molar-refractivity contribution in [1.29, 1.82) is 0 Å². The highest BCUT2D eigenvalue weighted by Gasteiger charge is 2.13. The maximum atomic E-state index is 5.56. The van der Waals surface area contributed by atoms with Crippen LogP contribution in [0.15, 0.2) is 16.7 Å². The van der Waals surface area contributed by atoms with Crippen LogP contribution in [-0.4, -0.2) is 16.8 Å². The average Bonchev–Trinajstić information content (AvgIpc) is 2.87. The van der Waals surface area contributed by atoms with Gasteiger partial charge in [0.15, 0.2) is 0 Å². The molecular formula is C14H21N3O. The SMILES string of the molecule is CCc1c(C)nn(Cc2occc2CNC)c1C. The average molecular weight is 247 g/mol. The Morgan fingerprint density at radius 3 is 2.78 bits per heavy atom. The molecule has 0 aliphatic rings. The largest absolute Gasteiger partial charge is 0.467 e. The molecule has 4 nitrogen and oxygen atoms in total. The van der Waals surface area contributed by atoms with E-state index in [1.807, 2.05) is 17.8 Å². The third kappa shape index (κ3) is 2.34. The number of aryl methyl sites for hydroxylation is 1. The summed E-state index contributed by atoms with van der Waals surface area (Å²) >= 11 is 0. The molecule has 0 aliphatic heterocycles. The van der Waals surface area contributed by atoms with E-state index in [0.29, 0.717) is 6.54 Å². The van der Waals surface area contributed by atoms with Crippen LogP contribution in [0.3, 0.4) is 0 Å². The van der Waals surface area contributed by atoms with Crippen LogP contribution in [0.25, 0.3) is 0 Å². The van der Waals surface area contributed by atoms with Crippen molar-refractivity contribution < 1.29 is 4.42 Å². The third-order valence-corrected chi connectivity index (χ3v) is 3.38. The molecule has 2 rings (SSSR count). The first-order valence-corrected chi connectivity index (χ1v) is 6.40. The summed E-state index contributed by atoms with van der Waals surface area (Å²) in [5, 5.41) is 7.74. The van der Waals surface area contributed by atoms with Crippen LogP contribution in [0.5, 0.6) is 0 Å². The molecule has 2 heterocycles. The van der Waals surface area contributed by atoms with E-state index >= 15 is 0 Å². The highest BCUT2D eigenvalue weighted by atomic mass is 16.3. The molecule has 0 saturated carbocycles. The number of nitrogens with one attached hydrogen (secondary N) is 1. The van der Waals surface area contributed by atoms with Crippen molar-refractivity contribution in [3.63, 3.8) is 0 Å². The number of nitrogens with zero attached hydrogens (tertiary/aromatic N) is 2. The molecule has 0 unspecified atom stereocenters. The Morgan fingerprint density at radius 1 is 1.39 bits per heavy atom. The van der Waals surface area contributed by atoms with Crippen LogP contribution in [0.1, 0.15) is 35.2 Å². The van der Waals surface area contributed by atoms with Crippen LogP contribution < -0.4 is 5.32 Å². The number of aromatic nitrogens is 2. The Kier molecular flexibility index (Phi) is 3.87. The molecule has 0 spiro atoms. The van der Waals surface area contributed by atoms with Crippen LogP contribution in [-0.2, 0) is 19.5 Å². The quantitative estimate of drug-likeness (QED) is 0.882. The van der Waals surface area contributed by atoms with Crippen molar-refractivity contribution in [1.82, 2.24) is 15.1 Å². The fourth-order valence-corrected chi connectivity index (χ4v) is 2.39. The van der Waals surface area contributed by atoms with E-state index in [1.165, 1.54) is 16.8 Å². The van der Waals surface area contributed by atoms with Crippen molar-refractivity contribution in [3.05, 3.63) is 40.6 Å². The monoisotopic (exact) mass is 247 g/mol. The van der Waals surface area contributed by atoms with Gasteiger partial charge in [0.1, 0.15) is 5.76 Å². The number of furan rings is 1. The standard InChI is InChI=1S/C14H21N3O/c1-5-13-10(2)16-17(11(13)3)9-14-12(8-15-4)6-7-18-14/h6-7,15H,5,8-9H2,1-4H3. The number of rotatable bonds is 5. The third-order valence-electron chi connectivity index (χ3n) is 3.38. The lowest BCUT2D eigenvalue weighted by molar-refractivity contribution is 0.469. The summed E-state index contributed by atoms with van der Waals surface area (Å²) in [6.45, 7) is 7.89. The second-order valence-corrected chi connectivity index (χ2v) is 4.56. The molecule has 98 valence electrons. The fourth-order valence-electron chi connectivity index (χ4n) is 2.39. The predicted molar refractivity (Wildman–Crippen MR) is 71.7 cm³/mol. The molecule has 0 atom stereocenters. The Labute approximate surface area is 108 Å². The molecule has 0 fully saturated rings. The van der Waals surface area contributed by atoms with Crippen LogP contribution in [0, 0.1) is 13.8 Å². The zero-order valence-corrected chi connectivity index (χ0v) is 11.6. The minimum absolute atomic E-state index is 0.705. The predicted octanol–water partition coefficient (Wildman–Crippen LogP) is 2.42. The van der Waals surface area contributed by atoms with Gasteiger partial charge in [-0.3, -0.25) is 4.68 Å². The summed E-state index contributed by atoms with van der Waals surface area (Å²) in [4.78, 5) is 0. The first kappa shape index (κ1) is 12.9. The van der Waals surface area contributed by atoms with Gasteiger partial charge in [0.05, 0.1) is 18.5 Å². The van der Waals surface area contributed by atoms with Gasteiger partial charge in [0, 0.05) is 17.8 Å². The van der Waals surface area contributed by atoms with E-state index in [1.54, 1.807) is 6.26 Å². The molecule has 0 saturated heterocycles. The molecule has 4 heteroatoms. The van der Waals surface area contributed by atoms with Gasteiger partial charge in [-0.1, -0.05) is 6.92 Å². The summed E-state index contributed by atoms with van der Waals surface area (Å²) in [6.07, 6.45) is 2.77. The Morgan fingerprint density at radius 2 is 2.17 bits per heavy atom. The topological polar surface area (TPSA) is 43.0 Å². The lowest BCUT2D eigenvalue weighted by atomic mass is 10.1. The normalized spacial score (nSPS) is 11.1. The van der Waals surface area contributed by atoms with Crippen molar-refractivity contribution in [2.75, 3.05) is 7.05 Å². The van der Waals surface area contributed by atoms with E-state index in [-0.39, 0.29) is 0 Å². The maximum Gasteiger partial charge on any atom is 0.129 e. The molecular weight excluding hydrogens is 226 g/mol. The molecule has 2 aromatic heterocycles. The van der Waals surface area contributed by atoms with Gasteiger partial charge in [0.2, 0.25) is 0 Å². The second-order valence-electron chi connectivity index (χ2n) is 4.56. The second kappa shape index (κ2) is 5.40. The number of hydrogen-bond acceptors (Lipinski definition) is 3. The summed E-state index contributed by atoms with van der Waals surface area (Å²) < 4.78 is 7.59. The van der Waals surface area contributed by atoms with E-state index < -0.39 is 0 Å². The van der Waals surface area contributed by atoms with Gasteiger partial charge in [-0.15, -0.1) is 0 Å². The van der Waals surface area contributed by atoms with E-state index in [9.17, 15) is 0 Å². The molecule has 0 aliphatic carbocycles. The Hall–Kier alpha value is -1.55. The molecule has 2 aromatic rings. The van der Waals surface area contributed by atoms with Crippen molar-refractivity contribution in [2.24, 2.45) is 0 Å². The first-order valence-electron chi connectivity index (χ1n) is 6.40. The van der Waals surface area contributed by atoms with Crippen molar-refractivity contribution in [3.8, 4) is 0 Å². The minimum Gasteiger partial charge on any atom is -0.467 e. The lowest BCUT2D eigenvalue weighted by Crippen LogP contribution is -2.09. The van der Waals surface area contributed by atoms with Crippen molar-refractivity contribution >= 4 is 0 Å². The molecule has 0 bridgehead atoms. The van der Waals surface area contributed by atoms with Gasteiger partial charge < -0.3 is 9.73 Å². The first-order chi connectivity index (χ1) is 8.67. The lowest BCUT2D eigenvalue weighted by Gasteiger charge is -2.05. The summed E-state index contributed by atoms with van der Waals surface area (Å²) in [6, 6.07) is 2.01. The zero-order chi connectivity index (χ0) is 13.1. The minimum atomic E-state index is 0.705. The van der Waals surface area contributed by atoms with Gasteiger partial charge in [-0.05, 0) is 38.9 Å². The van der Waals surface area contributed by atoms with E-state index in [2.05, 4.69) is 31.2 Å². The van der Waals surface area contributed by atoms with E-state index in [4.69, 9.17) is 4.42 Å². The van der Waals surface area contributed by atoms with Gasteiger partial charge >= 0.3 is 0 Å². The van der Waals surface area contributed by atoms with Gasteiger partial charge in [-0.2, -0.15) is 5.10 Å². The van der Waals surface area contributed by atoms with Gasteiger partial charge in [0.25, 0.3) is 0 Å². The zero-order valence-electron chi connectivity index (χ0n) is 11.6. The summed E-state index contributed by atoms with van der Waals surface area (Å²) in [5.74, 6) is 0.984. The Bertz CT molecular complexity index is 525. The molecule has 1 N–H and O–H groups in total. The van der Waals surface area contributed by atoms with Crippen LogP contribution in [0.2, 0.25) is 0 Å².